The summed E-state index contributed by atoms with van der Waals surface area (Å²) in [4.78, 5) is 0.174. The first-order chi connectivity index (χ1) is 10.1. The topological polar surface area (TPSA) is 37.4 Å². The Balaban J connectivity index is 2.31. The molecule has 1 aliphatic heterocycles. The first-order valence-corrected chi connectivity index (χ1v) is 8.47. The van der Waals surface area contributed by atoms with Gasteiger partial charge in [0.15, 0.2) is 0 Å². The first kappa shape index (κ1) is 14.2. The Morgan fingerprint density at radius 3 is 2.43 bits per heavy atom. The zero-order valence-corrected chi connectivity index (χ0v) is 13.0. The number of allylic oxidation sites excluding steroid dienone is 1. The van der Waals surface area contributed by atoms with E-state index in [9.17, 15) is 8.42 Å². The lowest BCUT2D eigenvalue weighted by molar-refractivity contribution is 0.593. The van der Waals surface area contributed by atoms with Gasteiger partial charge >= 0.3 is 0 Å². The molecule has 0 fully saturated rings. The average molecular weight is 320 g/mol. The number of rotatable bonds is 2. The average Bonchev–Trinajstić information content (AvgIpc) is 2.46. The highest BCUT2D eigenvalue weighted by atomic mass is 35.5. The second kappa shape index (κ2) is 5.20. The maximum Gasteiger partial charge on any atom is 0.270 e. The maximum absolute atomic E-state index is 13.0. The van der Waals surface area contributed by atoms with Crippen LogP contribution in [0.4, 0.5) is 5.69 Å². The zero-order chi connectivity index (χ0) is 15.0. The normalized spacial score (nSPS) is 16.3. The van der Waals surface area contributed by atoms with Gasteiger partial charge in [-0.2, -0.15) is 0 Å². The van der Waals surface area contributed by atoms with Gasteiger partial charge in [0.25, 0.3) is 10.0 Å². The van der Waals surface area contributed by atoms with Crippen molar-refractivity contribution >= 4 is 33.4 Å². The molecule has 0 saturated carbocycles. The molecule has 1 heterocycles. The molecule has 0 amide bonds. The van der Waals surface area contributed by atoms with Gasteiger partial charge < -0.3 is 0 Å². The van der Waals surface area contributed by atoms with Crippen LogP contribution in [0.2, 0.25) is 5.02 Å². The van der Waals surface area contributed by atoms with E-state index in [0.717, 1.165) is 5.70 Å². The predicted molar refractivity (Wildman–Crippen MR) is 85.8 cm³/mol. The number of fused-ring (bicyclic) bond motifs is 1. The predicted octanol–water partition coefficient (Wildman–Crippen LogP) is 4.30. The van der Waals surface area contributed by atoms with E-state index in [1.165, 1.54) is 4.31 Å². The smallest absolute Gasteiger partial charge is 0.239 e. The van der Waals surface area contributed by atoms with Crippen molar-refractivity contribution in [3.8, 4) is 0 Å². The second-order valence-electron chi connectivity index (χ2n) is 4.75. The Kier molecular flexibility index (Phi) is 3.51. The van der Waals surface area contributed by atoms with E-state index in [2.05, 4.69) is 0 Å². The van der Waals surface area contributed by atoms with Crippen LogP contribution >= 0.6 is 11.6 Å². The number of para-hydroxylation sites is 1. The molecule has 0 bridgehead atoms. The van der Waals surface area contributed by atoms with E-state index in [1.54, 1.807) is 30.3 Å². The molecule has 0 unspecified atom stereocenters. The Hall–Kier alpha value is -1.78. The van der Waals surface area contributed by atoms with Crippen molar-refractivity contribution in [1.29, 1.82) is 0 Å². The minimum atomic E-state index is -3.69. The Bertz CT molecular complexity index is 813. The molecule has 1 aliphatic rings. The summed E-state index contributed by atoms with van der Waals surface area (Å²) < 4.78 is 27.4. The zero-order valence-electron chi connectivity index (χ0n) is 11.5. The van der Waals surface area contributed by atoms with Crippen molar-refractivity contribution in [3.63, 3.8) is 0 Å². The highest BCUT2D eigenvalue weighted by Gasteiger charge is 2.34. The summed E-state index contributed by atoms with van der Waals surface area (Å²) in [6, 6.07) is 14.2. The van der Waals surface area contributed by atoms with Crippen LogP contribution in [0.25, 0.3) is 6.08 Å². The molecule has 0 atom stereocenters. The van der Waals surface area contributed by atoms with Gasteiger partial charge in [-0.1, -0.05) is 48.9 Å². The van der Waals surface area contributed by atoms with Gasteiger partial charge in [0.1, 0.15) is 4.90 Å². The van der Waals surface area contributed by atoms with E-state index in [4.69, 9.17) is 11.6 Å². The SMILES string of the molecule is CCC1=Cc2cccc(Cl)c2S(=O)(=O)N1c1ccccc1. The van der Waals surface area contributed by atoms with E-state index < -0.39 is 10.0 Å². The third-order valence-corrected chi connectivity index (χ3v) is 5.76. The van der Waals surface area contributed by atoms with Gasteiger partial charge in [-0.05, 0) is 36.3 Å². The lowest BCUT2D eigenvalue weighted by Crippen LogP contribution is -2.33. The third kappa shape index (κ3) is 2.24. The lowest BCUT2D eigenvalue weighted by Gasteiger charge is -2.31. The maximum atomic E-state index is 13.0. The molecule has 0 aromatic heterocycles. The van der Waals surface area contributed by atoms with E-state index in [0.29, 0.717) is 17.7 Å². The molecular weight excluding hydrogens is 306 g/mol. The number of hydrogen-bond donors (Lipinski definition) is 0. The largest absolute Gasteiger partial charge is 0.270 e. The molecule has 108 valence electrons. The second-order valence-corrected chi connectivity index (χ2v) is 6.88. The van der Waals surface area contributed by atoms with Crippen molar-refractivity contribution < 1.29 is 8.42 Å². The summed E-state index contributed by atoms with van der Waals surface area (Å²) in [5, 5.41) is 0.250. The van der Waals surface area contributed by atoms with Crippen LogP contribution in [0.3, 0.4) is 0 Å². The molecule has 2 aromatic rings. The molecule has 0 radical (unpaired) electrons. The summed E-state index contributed by atoms with van der Waals surface area (Å²) in [7, 11) is -3.69. The van der Waals surface area contributed by atoms with E-state index >= 15 is 0 Å². The van der Waals surface area contributed by atoms with Crippen molar-refractivity contribution in [2.24, 2.45) is 0 Å². The number of nitrogens with zero attached hydrogens (tertiary/aromatic N) is 1. The Morgan fingerprint density at radius 1 is 1.05 bits per heavy atom. The summed E-state index contributed by atoms with van der Waals surface area (Å²) >= 11 is 6.14. The van der Waals surface area contributed by atoms with Crippen molar-refractivity contribution in [2.75, 3.05) is 4.31 Å². The van der Waals surface area contributed by atoms with Crippen LogP contribution in [0.5, 0.6) is 0 Å². The van der Waals surface area contributed by atoms with Crippen molar-refractivity contribution in [1.82, 2.24) is 0 Å². The minimum absolute atomic E-state index is 0.174. The van der Waals surface area contributed by atoms with Crippen LogP contribution in [0, 0.1) is 0 Å². The van der Waals surface area contributed by atoms with Gasteiger partial charge in [-0.25, -0.2) is 12.7 Å². The lowest BCUT2D eigenvalue weighted by atomic mass is 10.1. The van der Waals surface area contributed by atoms with Crippen LogP contribution < -0.4 is 4.31 Å². The van der Waals surface area contributed by atoms with Crippen LogP contribution in [0.15, 0.2) is 59.1 Å². The molecule has 0 N–H and O–H groups in total. The number of hydrogen-bond acceptors (Lipinski definition) is 2. The molecule has 2 aromatic carbocycles. The number of sulfonamides is 1. The van der Waals surface area contributed by atoms with Crippen LogP contribution in [-0.4, -0.2) is 8.42 Å². The molecule has 3 nitrogen and oxygen atoms in total. The molecule has 3 rings (SSSR count). The van der Waals surface area contributed by atoms with Gasteiger partial charge in [-0.3, -0.25) is 0 Å². The summed E-state index contributed by atoms with van der Waals surface area (Å²) in [6.07, 6.45) is 2.50. The molecule has 21 heavy (non-hydrogen) atoms. The fraction of sp³-hybridized carbons (Fsp3) is 0.125. The molecular formula is C16H14ClNO2S. The fourth-order valence-corrected chi connectivity index (χ4v) is 4.79. The van der Waals surface area contributed by atoms with Crippen LogP contribution in [0.1, 0.15) is 18.9 Å². The summed E-state index contributed by atoms with van der Waals surface area (Å²) in [5.74, 6) is 0. The number of benzene rings is 2. The van der Waals surface area contributed by atoms with Crippen LogP contribution in [-0.2, 0) is 10.0 Å². The summed E-state index contributed by atoms with van der Waals surface area (Å²) in [5.41, 5.74) is 2.00. The van der Waals surface area contributed by atoms with E-state index in [1.807, 2.05) is 31.2 Å². The van der Waals surface area contributed by atoms with E-state index in [-0.39, 0.29) is 9.92 Å². The Labute approximate surface area is 129 Å². The fourth-order valence-electron chi connectivity index (χ4n) is 2.51. The Morgan fingerprint density at radius 2 is 1.76 bits per heavy atom. The summed E-state index contributed by atoms with van der Waals surface area (Å²) in [6.45, 7) is 1.94. The number of anilines is 1. The van der Waals surface area contributed by atoms with Gasteiger partial charge in [0.05, 0.1) is 10.7 Å². The molecule has 5 heteroatoms. The quantitative estimate of drug-likeness (QED) is 0.827. The van der Waals surface area contributed by atoms with Crippen molar-refractivity contribution in [2.45, 2.75) is 18.2 Å². The van der Waals surface area contributed by atoms with Gasteiger partial charge in [0.2, 0.25) is 0 Å². The van der Waals surface area contributed by atoms with Gasteiger partial charge in [-0.15, -0.1) is 0 Å². The van der Waals surface area contributed by atoms with Gasteiger partial charge in [0, 0.05) is 5.70 Å². The third-order valence-electron chi connectivity index (χ3n) is 3.43. The van der Waals surface area contributed by atoms with Crippen molar-refractivity contribution in [3.05, 3.63) is 64.8 Å². The molecule has 0 spiro atoms. The molecule has 0 aliphatic carbocycles. The monoisotopic (exact) mass is 319 g/mol. The minimum Gasteiger partial charge on any atom is -0.239 e. The first-order valence-electron chi connectivity index (χ1n) is 6.65. The standard InChI is InChI=1S/C16H14ClNO2S/c1-2-13-11-12-7-6-10-15(17)16(12)21(19,20)18(13)14-8-4-3-5-9-14/h3-11H,2H2,1H3. The highest BCUT2D eigenvalue weighted by molar-refractivity contribution is 7.93. The molecule has 0 saturated heterocycles. The number of halogens is 1. The highest BCUT2D eigenvalue weighted by Crippen LogP contribution is 2.39.